The molecule has 0 bridgehead atoms. The first-order valence-electron chi connectivity index (χ1n) is 6.92. The van der Waals surface area contributed by atoms with Gasteiger partial charge in [-0.25, -0.2) is 0 Å². The maximum atomic E-state index is 5.78. The Morgan fingerprint density at radius 2 is 1.14 bits per heavy atom. The van der Waals surface area contributed by atoms with Gasteiger partial charge < -0.3 is 26.3 Å². The van der Waals surface area contributed by atoms with E-state index < -0.39 is 0 Å². The largest absolute Gasteiger partial charge is 0.490 e. The van der Waals surface area contributed by atoms with Crippen LogP contribution in [0.2, 0.25) is 0 Å². The van der Waals surface area contributed by atoms with Crippen LogP contribution in [-0.2, 0) is 0 Å². The molecule has 21 heavy (non-hydrogen) atoms. The Kier molecular flexibility index (Phi) is 5.72. The maximum Gasteiger partial charge on any atom is 0.142 e. The molecule has 5 heteroatoms. The standard InChI is InChI=1S/C16H21N3O2/c17-13-5-1-3-7-15(13)20-11-9-19-10-12-21-16-8-4-2-6-14(16)18/h1-8,19H,9-12,17-18H2. The average molecular weight is 287 g/mol. The number of rotatable bonds is 8. The second-order valence-electron chi connectivity index (χ2n) is 4.52. The zero-order chi connectivity index (χ0) is 14.9. The lowest BCUT2D eigenvalue weighted by Gasteiger charge is -2.11. The molecule has 0 spiro atoms. The van der Waals surface area contributed by atoms with Crippen molar-refractivity contribution in [2.45, 2.75) is 0 Å². The topological polar surface area (TPSA) is 82.5 Å². The van der Waals surface area contributed by atoms with E-state index in [2.05, 4.69) is 5.32 Å². The van der Waals surface area contributed by atoms with Crippen LogP contribution in [0.4, 0.5) is 11.4 Å². The van der Waals surface area contributed by atoms with Crippen LogP contribution in [0.1, 0.15) is 0 Å². The normalized spacial score (nSPS) is 10.3. The first kappa shape index (κ1) is 15.0. The van der Waals surface area contributed by atoms with Crippen molar-refractivity contribution in [1.82, 2.24) is 5.32 Å². The van der Waals surface area contributed by atoms with Crippen molar-refractivity contribution in [3.63, 3.8) is 0 Å². The zero-order valence-corrected chi connectivity index (χ0v) is 11.9. The van der Waals surface area contributed by atoms with E-state index in [9.17, 15) is 0 Å². The third-order valence-corrected chi connectivity index (χ3v) is 2.91. The number of nitrogen functional groups attached to an aromatic ring is 2. The number of nitrogens with two attached hydrogens (primary N) is 2. The minimum absolute atomic E-state index is 0.557. The molecule has 5 N–H and O–H groups in total. The molecular weight excluding hydrogens is 266 g/mol. The van der Waals surface area contributed by atoms with E-state index in [0.717, 1.165) is 13.1 Å². The second-order valence-corrected chi connectivity index (χ2v) is 4.52. The molecule has 0 heterocycles. The zero-order valence-electron chi connectivity index (χ0n) is 11.9. The minimum atomic E-state index is 0.557. The Morgan fingerprint density at radius 3 is 1.57 bits per heavy atom. The van der Waals surface area contributed by atoms with Gasteiger partial charge in [-0.15, -0.1) is 0 Å². The summed E-state index contributed by atoms with van der Waals surface area (Å²) in [6.07, 6.45) is 0. The van der Waals surface area contributed by atoms with Gasteiger partial charge in [0.1, 0.15) is 24.7 Å². The van der Waals surface area contributed by atoms with E-state index in [1.807, 2.05) is 48.5 Å². The average Bonchev–Trinajstić information content (AvgIpc) is 2.50. The van der Waals surface area contributed by atoms with E-state index >= 15 is 0 Å². The number of hydrogen-bond donors (Lipinski definition) is 3. The molecule has 0 unspecified atom stereocenters. The molecular formula is C16H21N3O2. The van der Waals surface area contributed by atoms with Gasteiger partial charge in [0.05, 0.1) is 11.4 Å². The van der Waals surface area contributed by atoms with E-state index in [0.29, 0.717) is 36.1 Å². The fourth-order valence-corrected chi connectivity index (χ4v) is 1.82. The maximum absolute atomic E-state index is 5.78. The summed E-state index contributed by atoms with van der Waals surface area (Å²) in [5.41, 5.74) is 12.9. The lowest BCUT2D eigenvalue weighted by atomic mass is 10.3. The SMILES string of the molecule is Nc1ccccc1OCCNCCOc1ccccc1N. The molecule has 0 atom stereocenters. The number of nitrogens with one attached hydrogen (secondary N) is 1. The Morgan fingerprint density at radius 1 is 0.714 bits per heavy atom. The Bertz CT molecular complexity index is 511. The summed E-state index contributed by atoms with van der Waals surface area (Å²) in [7, 11) is 0. The van der Waals surface area contributed by atoms with Crippen molar-refractivity contribution >= 4 is 11.4 Å². The van der Waals surface area contributed by atoms with Crippen LogP contribution in [0.25, 0.3) is 0 Å². The van der Waals surface area contributed by atoms with Gasteiger partial charge >= 0.3 is 0 Å². The molecule has 0 aliphatic heterocycles. The van der Waals surface area contributed by atoms with Gasteiger partial charge in [0, 0.05) is 13.1 Å². The third kappa shape index (κ3) is 4.89. The van der Waals surface area contributed by atoms with Gasteiger partial charge in [-0.2, -0.15) is 0 Å². The van der Waals surface area contributed by atoms with E-state index in [-0.39, 0.29) is 0 Å². The first-order valence-corrected chi connectivity index (χ1v) is 6.92. The third-order valence-electron chi connectivity index (χ3n) is 2.91. The quantitative estimate of drug-likeness (QED) is 0.510. The van der Waals surface area contributed by atoms with E-state index in [1.165, 1.54) is 0 Å². The summed E-state index contributed by atoms with van der Waals surface area (Å²) in [5, 5.41) is 3.23. The monoisotopic (exact) mass is 287 g/mol. The number of benzene rings is 2. The summed E-state index contributed by atoms with van der Waals surface area (Å²) in [5.74, 6) is 1.43. The Labute approximate surface area is 124 Å². The molecule has 0 aliphatic carbocycles. The van der Waals surface area contributed by atoms with Gasteiger partial charge in [-0.05, 0) is 24.3 Å². The molecule has 0 aromatic heterocycles. The highest BCUT2D eigenvalue weighted by molar-refractivity contribution is 5.52. The molecule has 0 fully saturated rings. The van der Waals surface area contributed by atoms with Crippen molar-refractivity contribution in [2.75, 3.05) is 37.8 Å². The smallest absolute Gasteiger partial charge is 0.142 e. The van der Waals surface area contributed by atoms with E-state index in [4.69, 9.17) is 20.9 Å². The van der Waals surface area contributed by atoms with Gasteiger partial charge in [-0.3, -0.25) is 0 Å². The Hall–Kier alpha value is -2.40. The fraction of sp³-hybridized carbons (Fsp3) is 0.250. The van der Waals surface area contributed by atoms with Crippen LogP contribution in [0, 0.1) is 0 Å². The van der Waals surface area contributed by atoms with Crippen LogP contribution in [0.3, 0.4) is 0 Å². The van der Waals surface area contributed by atoms with Crippen LogP contribution >= 0.6 is 0 Å². The lowest BCUT2D eigenvalue weighted by Crippen LogP contribution is -2.26. The van der Waals surface area contributed by atoms with Crippen molar-refractivity contribution in [2.24, 2.45) is 0 Å². The molecule has 0 saturated heterocycles. The minimum Gasteiger partial charge on any atom is -0.490 e. The molecule has 2 rings (SSSR count). The first-order chi connectivity index (χ1) is 10.3. The summed E-state index contributed by atoms with van der Waals surface area (Å²) in [4.78, 5) is 0. The molecule has 112 valence electrons. The number of anilines is 2. The summed E-state index contributed by atoms with van der Waals surface area (Å²) < 4.78 is 11.1. The lowest BCUT2D eigenvalue weighted by molar-refractivity contribution is 0.290. The molecule has 0 saturated carbocycles. The number of ether oxygens (including phenoxy) is 2. The molecule has 0 amide bonds. The molecule has 5 nitrogen and oxygen atoms in total. The number of hydrogen-bond acceptors (Lipinski definition) is 5. The molecule has 0 radical (unpaired) electrons. The van der Waals surface area contributed by atoms with Crippen molar-refractivity contribution in [3.05, 3.63) is 48.5 Å². The van der Waals surface area contributed by atoms with Crippen molar-refractivity contribution in [3.8, 4) is 11.5 Å². The van der Waals surface area contributed by atoms with Gasteiger partial charge in [0.25, 0.3) is 0 Å². The molecule has 2 aromatic rings. The predicted molar refractivity (Wildman–Crippen MR) is 85.6 cm³/mol. The number of para-hydroxylation sites is 4. The summed E-state index contributed by atoms with van der Waals surface area (Å²) >= 11 is 0. The van der Waals surface area contributed by atoms with Crippen LogP contribution in [0.5, 0.6) is 11.5 Å². The summed E-state index contributed by atoms with van der Waals surface area (Å²) in [6.45, 7) is 2.56. The second kappa shape index (κ2) is 8.01. The van der Waals surface area contributed by atoms with E-state index in [1.54, 1.807) is 0 Å². The van der Waals surface area contributed by atoms with Gasteiger partial charge in [-0.1, -0.05) is 24.3 Å². The van der Waals surface area contributed by atoms with Gasteiger partial charge in [0.15, 0.2) is 0 Å². The fourth-order valence-electron chi connectivity index (χ4n) is 1.82. The molecule has 2 aromatic carbocycles. The predicted octanol–water partition coefficient (Wildman–Crippen LogP) is 1.90. The highest BCUT2D eigenvalue weighted by Crippen LogP contribution is 2.20. The van der Waals surface area contributed by atoms with Gasteiger partial charge in [0.2, 0.25) is 0 Å². The van der Waals surface area contributed by atoms with Crippen LogP contribution < -0.4 is 26.3 Å². The molecule has 0 aliphatic rings. The van der Waals surface area contributed by atoms with Crippen molar-refractivity contribution in [1.29, 1.82) is 0 Å². The highest BCUT2D eigenvalue weighted by Gasteiger charge is 1.99. The Balaban J connectivity index is 1.57. The summed E-state index contributed by atoms with van der Waals surface area (Å²) in [6, 6.07) is 14.9. The highest BCUT2D eigenvalue weighted by atomic mass is 16.5. The van der Waals surface area contributed by atoms with Crippen molar-refractivity contribution < 1.29 is 9.47 Å². The van der Waals surface area contributed by atoms with Crippen LogP contribution in [-0.4, -0.2) is 26.3 Å². The van der Waals surface area contributed by atoms with Crippen LogP contribution in [0.15, 0.2) is 48.5 Å².